The summed E-state index contributed by atoms with van der Waals surface area (Å²) in [4.78, 5) is 14.2. The molecule has 0 radical (unpaired) electrons. The Kier molecular flexibility index (Phi) is 3.29. The molecule has 16 heavy (non-hydrogen) atoms. The van der Waals surface area contributed by atoms with Crippen LogP contribution in [-0.4, -0.2) is 23.2 Å². The summed E-state index contributed by atoms with van der Waals surface area (Å²) in [6.07, 6.45) is 3.74. The van der Waals surface area contributed by atoms with Crippen LogP contribution in [0.15, 0.2) is 6.07 Å². The molecule has 0 aromatic carbocycles. The van der Waals surface area contributed by atoms with Crippen molar-refractivity contribution in [1.29, 1.82) is 0 Å². The third-order valence-corrected chi connectivity index (χ3v) is 3.08. The Morgan fingerprint density at radius 2 is 2.31 bits per heavy atom. The van der Waals surface area contributed by atoms with Gasteiger partial charge in [-0.2, -0.15) is 0 Å². The lowest BCUT2D eigenvalue weighted by Crippen LogP contribution is -2.08. The van der Waals surface area contributed by atoms with Crippen molar-refractivity contribution in [2.45, 2.75) is 38.2 Å². The first kappa shape index (κ1) is 11.2. The van der Waals surface area contributed by atoms with E-state index in [2.05, 4.69) is 9.72 Å². The Morgan fingerprint density at radius 3 is 3.00 bits per heavy atom. The monoisotopic (exact) mass is 223 g/mol. The Morgan fingerprint density at radius 1 is 1.56 bits per heavy atom. The number of nitrogens with one attached hydrogen (secondary N) is 1. The number of hydrogen-bond acceptors (Lipinski definition) is 3. The second-order valence-corrected chi connectivity index (χ2v) is 4.23. The van der Waals surface area contributed by atoms with E-state index in [1.54, 1.807) is 0 Å². The van der Waals surface area contributed by atoms with Crippen molar-refractivity contribution in [1.82, 2.24) is 4.98 Å². The summed E-state index contributed by atoms with van der Waals surface area (Å²) in [7, 11) is 1.33. The van der Waals surface area contributed by atoms with Gasteiger partial charge < -0.3 is 14.8 Å². The minimum absolute atomic E-state index is 0.00981. The fraction of sp³-hybridized carbons (Fsp3) is 0.583. The van der Waals surface area contributed by atoms with Crippen LogP contribution in [0, 0.1) is 0 Å². The molecule has 0 bridgehead atoms. The van der Waals surface area contributed by atoms with Gasteiger partial charge in [-0.3, -0.25) is 4.79 Å². The topological polar surface area (TPSA) is 62.3 Å². The average Bonchev–Trinajstić information content (AvgIpc) is 2.72. The number of aliphatic hydroxyl groups excluding tert-OH is 1. The first-order valence-electron chi connectivity index (χ1n) is 5.66. The number of aryl methyl sites for hydroxylation is 2. The van der Waals surface area contributed by atoms with Gasteiger partial charge in [0.15, 0.2) is 0 Å². The van der Waals surface area contributed by atoms with Crippen LogP contribution < -0.4 is 0 Å². The summed E-state index contributed by atoms with van der Waals surface area (Å²) in [5.74, 6) is -0.389. The van der Waals surface area contributed by atoms with Crippen molar-refractivity contribution >= 4 is 5.97 Å². The summed E-state index contributed by atoms with van der Waals surface area (Å²) < 4.78 is 4.53. The zero-order valence-electron chi connectivity index (χ0n) is 9.45. The van der Waals surface area contributed by atoms with Crippen LogP contribution in [0.3, 0.4) is 0 Å². The molecule has 1 atom stereocenters. The molecule has 0 amide bonds. The van der Waals surface area contributed by atoms with Gasteiger partial charge in [0.25, 0.3) is 0 Å². The molecule has 1 heterocycles. The van der Waals surface area contributed by atoms with E-state index in [4.69, 9.17) is 0 Å². The van der Waals surface area contributed by atoms with Gasteiger partial charge in [0.1, 0.15) is 6.10 Å². The van der Waals surface area contributed by atoms with E-state index in [-0.39, 0.29) is 12.4 Å². The molecule has 1 unspecified atom stereocenters. The van der Waals surface area contributed by atoms with Gasteiger partial charge >= 0.3 is 5.97 Å². The molecular weight excluding hydrogens is 206 g/mol. The van der Waals surface area contributed by atoms with Gasteiger partial charge in [-0.25, -0.2) is 0 Å². The highest BCUT2D eigenvalue weighted by atomic mass is 16.5. The molecule has 1 aliphatic rings. The number of esters is 1. The summed E-state index contributed by atoms with van der Waals surface area (Å²) in [6.45, 7) is 0. The molecule has 0 spiro atoms. The molecule has 4 nitrogen and oxygen atoms in total. The number of hydrogen-bond donors (Lipinski definition) is 2. The lowest BCUT2D eigenvalue weighted by atomic mass is 9.98. The molecule has 0 saturated heterocycles. The third-order valence-electron chi connectivity index (χ3n) is 3.08. The van der Waals surface area contributed by atoms with Crippen LogP contribution in [-0.2, 0) is 22.4 Å². The maximum absolute atomic E-state index is 11.0. The number of H-pyrrole nitrogens is 1. The third kappa shape index (κ3) is 2.27. The van der Waals surface area contributed by atoms with Crippen LogP contribution in [0.25, 0.3) is 0 Å². The molecule has 1 aromatic heterocycles. The van der Waals surface area contributed by atoms with Gasteiger partial charge in [-0.15, -0.1) is 0 Å². The maximum atomic E-state index is 11.0. The first-order chi connectivity index (χ1) is 7.70. The molecule has 0 fully saturated rings. The number of fused-ring (bicyclic) bond motifs is 1. The fourth-order valence-corrected chi connectivity index (χ4v) is 2.16. The highest BCUT2D eigenvalue weighted by Crippen LogP contribution is 2.25. The van der Waals surface area contributed by atoms with Crippen molar-refractivity contribution < 1.29 is 14.6 Å². The van der Waals surface area contributed by atoms with Gasteiger partial charge in [-0.1, -0.05) is 0 Å². The lowest BCUT2D eigenvalue weighted by Gasteiger charge is -2.09. The number of methoxy groups -OCH3 is 1. The van der Waals surface area contributed by atoms with E-state index in [9.17, 15) is 9.90 Å². The number of carbonyl (C=O) groups excluding carboxylic acids is 1. The van der Waals surface area contributed by atoms with Crippen molar-refractivity contribution in [3.63, 3.8) is 0 Å². The molecular formula is C12H17NO3. The van der Waals surface area contributed by atoms with Crippen LogP contribution in [0.1, 0.15) is 42.3 Å². The van der Waals surface area contributed by atoms with E-state index in [0.717, 1.165) is 18.5 Å². The number of rotatable bonds is 3. The van der Waals surface area contributed by atoms with Gasteiger partial charge in [0, 0.05) is 11.4 Å². The smallest absolute Gasteiger partial charge is 0.308 e. The van der Waals surface area contributed by atoms with E-state index in [1.807, 2.05) is 6.07 Å². The zero-order valence-corrected chi connectivity index (χ0v) is 9.45. The second-order valence-electron chi connectivity index (χ2n) is 4.23. The largest absolute Gasteiger partial charge is 0.469 e. The highest BCUT2D eigenvalue weighted by molar-refractivity contribution is 5.69. The second kappa shape index (κ2) is 4.70. The van der Waals surface area contributed by atoms with E-state index in [0.29, 0.717) is 0 Å². The Balaban J connectivity index is 2.08. The summed E-state index contributed by atoms with van der Waals surface area (Å²) in [6, 6.07) is 1.97. The number of aliphatic hydroxyl groups is 1. The predicted molar refractivity (Wildman–Crippen MR) is 59.0 cm³/mol. The fourth-order valence-electron chi connectivity index (χ4n) is 2.16. The molecule has 2 rings (SSSR count). The number of aromatic nitrogens is 1. The molecule has 4 heteroatoms. The Labute approximate surface area is 94.6 Å². The van der Waals surface area contributed by atoms with Crippen LogP contribution in [0.4, 0.5) is 0 Å². The van der Waals surface area contributed by atoms with Crippen molar-refractivity contribution in [2.24, 2.45) is 0 Å². The Bertz CT molecular complexity index is 360. The van der Waals surface area contributed by atoms with Crippen molar-refractivity contribution in [3.05, 3.63) is 23.0 Å². The van der Waals surface area contributed by atoms with Gasteiger partial charge in [0.05, 0.1) is 13.5 Å². The van der Waals surface area contributed by atoms with Gasteiger partial charge in [0.2, 0.25) is 0 Å². The highest BCUT2D eigenvalue weighted by Gasteiger charge is 2.19. The number of aromatic amines is 1. The average molecular weight is 223 g/mol. The van der Waals surface area contributed by atoms with Crippen molar-refractivity contribution in [2.75, 3.05) is 7.11 Å². The van der Waals surface area contributed by atoms with Crippen LogP contribution >= 0.6 is 0 Å². The first-order valence-corrected chi connectivity index (χ1v) is 5.66. The normalized spacial score (nSPS) is 16.6. The summed E-state index contributed by atoms with van der Waals surface area (Å²) in [5, 5.41) is 9.84. The molecule has 1 aliphatic carbocycles. The van der Waals surface area contributed by atoms with E-state index >= 15 is 0 Å². The standard InChI is InChI=1S/C12H17NO3/c1-16-12(15)7-11(14)10-6-8-4-2-3-5-9(8)13-10/h6,11,13-14H,2-5,7H2,1H3. The predicted octanol–water partition coefficient (Wildman–Crippen LogP) is 1.49. The Hall–Kier alpha value is -1.29. The van der Waals surface area contributed by atoms with E-state index in [1.165, 1.54) is 31.2 Å². The number of carbonyl (C=O) groups is 1. The molecule has 1 aromatic rings. The molecule has 0 saturated carbocycles. The summed E-state index contributed by atoms with van der Waals surface area (Å²) >= 11 is 0. The van der Waals surface area contributed by atoms with Crippen molar-refractivity contribution in [3.8, 4) is 0 Å². The SMILES string of the molecule is COC(=O)CC(O)c1cc2c([nH]1)CCCC2. The molecule has 2 N–H and O–H groups in total. The maximum Gasteiger partial charge on any atom is 0.308 e. The number of ether oxygens (including phenoxy) is 1. The molecule has 88 valence electrons. The minimum atomic E-state index is -0.780. The van der Waals surface area contributed by atoms with Crippen LogP contribution in [0.5, 0.6) is 0 Å². The molecule has 0 aliphatic heterocycles. The van der Waals surface area contributed by atoms with Gasteiger partial charge in [-0.05, 0) is 37.3 Å². The van der Waals surface area contributed by atoms with Crippen LogP contribution in [0.2, 0.25) is 0 Å². The quantitative estimate of drug-likeness (QED) is 0.763. The lowest BCUT2D eigenvalue weighted by molar-refractivity contribution is -0.142. The summed E-state index contributed by atoms with van der Waals surface area (Å²) in [5.41, 5.74) is 3.23. The minimum Gasteiger partial charge on any atom is -0.469 e. The van der Waals surface area contributed by atoms with E-state index < -0.39 is 6.10 Å². The zero-order chi connectivity index (χ0) is 11.5.